The Morgan fingerprint density at radius 3 is 1.82 bits per heavy atom. The minimum Gasteiger partial charge on any atom is -0.328 e. The summed E-state index contributed by atoms with van der Waals surface area (Å²) in [5.74, 6) is -0.184. The van der Waals surface area contributed by atoms with Gasteiger partial charge in [-0.05, 0) is 6.92 Å². The molecule has 0 aromatic rings. The van der Waals surface area contributed by atoms with Crippen LogP contribution in [-0.4, -0.2) is 50.4 Å². The highest BCUT2D eigenvalue weighted by Crippen LogP contribution is 2.03. The topological polar surface area (TPSA) is 54.4 Å². The van der Waals surface area contributed by atoms with E-state index in [0.29, 0.717) is 4.48 Å². The van der Waals surface area contributed by atoms with Crippen molar-refractivity contribution >= 4 is 10.1 Å². The molecule has 0 radical (unpaired) electrons. The van der Waals surface area contributed by atoms with E-state index in [9.17, 15) is 8.42 Å². The van der Waals surface area contributed by atoms with Gasteiger partial charge in [0.1, 0.15) is 11.8 Å². The van der Waals surface area contributed by atoms with Gasteiger partial charge < -0.3 is 4.48 Å². The SMILES string of the molecule is CC(CS(=O)(=O)O)[N+](C)(C)C. The van der Waals surface area contributed by atoms with Gasteiger partial charge in [-0.3, -0.25) is 4.55 Å². The van der Waals surface area contributed by atoms with E-state index < -0.39 is 10.1 Å². The lowest BCUT2D eigenvalue weighted by Crippen LogP contribution is -2.46. The van der Waals surface area contributed by atoms with Gasteiger partial charge >= 0.3 is 0 Å². The maximum absolute atomic E-state index is 10.4. The van der Waals surface area contributed by atoms with Crippen LogP contribution in [-0.2, 0) is 10.1 Å². The average molecular weight is 182 g/mol. The average Bonchev–Trinajstić information content (AvgIpc) is 1.56. The Kier molecular flexibility index (Phi) is 3.05. The van der Waals surface area contributed by atoms with E-state index in [1.165, 1.54) is 0 Å². The summed E-state index contributed by atoms with van der Waals surface area (Å²) in [5.41, 5.74) is 0. The van der Waals surface area contributed by atoms with E-state index >= 15 is 0 Å². The normalized spacial score (nSPS) is 16.5. The maximum Gasteiger partial charge on any atom is 0.270 e. The summed E-state index contributed by atoms with van der Waals surface area (Å²) < 4.78 is 29.9. The van der Waals surface area contributed by atoms with Gasteiger partial charge in [-0.1, -0.05) is 0 Å². The molecule has 11 heavy (non-hydrogen) atoms. The summed E-state index contributed by atoms with van der Waals surface area (Å²) >= 11 is 0. The van der Waals surface area contributed by atoms with Crippen molar-refractivity contribution in [1.29, 1.82) is 0 Å². The van der Waals surface area contributed by atoms with Gasteiger partial charge in [-0.15, -0.1) is 0 Å². The quantitative estimate of drug-likeness (QED) is 0.492. The van der Waals surface area contributed by atoms with Crippen LogP contribution in [0.3, 0.4) is 0 Å². The van der Waals surface area contributed by atoms with Crippen LogP contribution in [0.5, 0.6) is 0 Å². The largest absolute Gasteiger partial charge is 0.328 e. The fourth-order valence-corrected chi connectivity index (χ4v) is 1.59. The summed E-state index contributed by atoms with van der Waals surface area (Å²) in [4.78, 5) is 0. The Morgan fingerprint density at radius 1 is 1.36 bits per heavy atom. The van der Waals surface area contributed by atoms with Crippen LogP contribution in [0.1, 0.15) is 6.92 Å². The predicted molar refractivity (Wildman–Crippen MR) is 43.9 cm³/mol. The van der Waals surface area contributed by atoms with Crippen LogP contribution >= 0.6 is 0 Å². The van der Waals surface area contributed by atoms with Crippen LogP contribution < -0.4 is 0 Å². The zero-order chi connectivity index (χ0) is 9.28. The second-order valence-corrected chi connectivity index (χ2v) is 5.21. The molecule has 0 bridgehead atoms. The molecule has 0 heterocycles. The Bertz CT molecular complexity index is 214. The molecule has 68 valence electrons. The first-order valence-electron chi connectivity index (χ1n) is 3.39. The number of quaternary nitrogens is 1. The molecule has 0 spiro atoms. The van der Waals surface area contributed by atoms with E-state index in [0.717, 1.165) is 0 Å². The molecule has 0 aliphatic heterocycles. The first-order valence-corrected chi connectivity index (χ1v) is 5.00. The third-order valence-electron chi connectivity index (χ3n) is 1.77. The van der Waals surface area contributed by atoms with Gasteiger partial charge in [0.05, 0.1) is 21.1 Å². The highest BCUT2D eigenvalue weighted by atomic mass is 32.2. The van der Waals surface area contributed by atoms with Crippen molar-refractivity contribution in [2.45, 2.75) is 13.0 Å². The molecule has 0 fully saturated rings. The molecular weight excluding hydrogens is 166 g/mol. The van der Waals surface area contributed by atoms with Gasteiger partial charge in [-0.2, -0.15) is 8.42 Å². The molecule has 0 saturated heterocycles. The van der Waals surface area contributed by atoms with Crippen molar-refractivity contribution in [2.75, 3.05) is 26.9 Å². The van der Waals surface area contributed by atoms with E-state index in [1.54, 1.807) is 6.92 Å². The maximum atomic E-state index is 10.4. The van der Waals surface area contributed by atoms with Crippen molar-refractivity contribution in [3.63, 3.8) is 0 Å². The lowest BCUT2D eigenvalue weighted by Gasteiger charge is -2.30. The van der Waals surface area contributed by atoms with Gasteiger partial charge in [0.15, 0.2) is 0 Å². The third-order valence-corrected chi connectivity index (χ3v) is 2.68. The Morgan fingerprint density at radius 2 is 1.73 bits per heavy atom. The van der Waals surface area contributed by atoms with Gasteiger partial charge in [0.25, 0.3) is 10.1 Å². The zero-order valence-electron chi connectivity index (χ0n) is 7.40. The molecule has 1 atom stereocenters. The molecule has 0 aromatic heterocycles. The fourth-order valence-electron chi connectivity index (χ4n) is 0.528. The van der Waals surface area contributed by atoms with E-state index in [1.807, 2.05) is 21.1 Å². The highest BCUT2D eigenvalue weighted by Gasteiger charge is 2.23. The summed E-state index contributed by atoms with van der Waals surface area (Å²) in [6.45, 7) is 1.79. The molecule has 0 rings (SSSR count). The zero-order valence-corrected chi connectivity index (χ0v) is 8.22. The lowest BCUT2D eigenvalue weighted by molar-refractivity contribution is -0.891. The van der Waals surface area contributed by atoms with Crippen LogP contribution in [0.4, 0.5) is 0 Å². The molecule has 0 amide bonds. The van der Waals surface area contributed by atoms with Crippen molar-refractivity contribution in [3.05, 3.63) is 0 Å². The van der Waals surface area contributed by atoms with E-state index in [-0.39, 0.29) is 11.8 Å². The molecular formula is C6H16NO3S+. The van der Waals surface area contributed by atoms with Gasteiger partial charge in [0, 0.05) is 0 Å². The predicted octanol–water partition coefficient (Wildman–Crippen LogP) is -0.0311. The minimum atomic E-state index is -3.82. The molecule has 0 aliphatic carbocycles. The van der Waals surface area contributed by atoms with Crippen molar-refractivity contribution in [2.24, 2.45) is 0 Å². The molecule has 1 unspecified atom stereocenters. The standard InChI is InChI=1S/C6H15NO3S/c1-6(7(2,3)4)5-11(8,9)10/h6H,5H2,1-4H3/p+1. The van der Waals surface area contributed by atoms with Crippen molar-refractivity contribution < 1.29 is 17.5 Å². The summed E-state index contributed by atoms with van der Waals surface area (Å²) in [6.07, 6.45) is 0. The summed E-state index contributed by atoms with van der Waals surface area (Å²) in [6, 6.07) is -0.0926. The van der Waals surface area contributed by atoms with Gasteiger partial charge in [0.2, 0.25) is 0 Å². The van der Waals surface area contributed by atoms with Gasteiger partial charge in [-0.25, -0.2) is 0 Å². The second kappa shape index (κ2) is 3.08. The Labute approximate surface area is 68.2 Å². The van der Waals surface area contributed by atoms with Crippen molar-refractivity contribution in [3.8, 4) is 0 Å². The van der Waals surface area contributed by atoms with Crippen LogP contribution in [0.15, 0.2) is 0 Å². The molecule has 5 heteroatoms. The van der Waals surface area contributed by atoms with Crippen molar-refractivity contribution in [1.82, 2.24) is 0 Å². The third kappa shape index (κ3) is 5.17. The first-order chi connectivity index (χ1) is 4.63. The molecule has 4 nitrogen and oxygen atoms in total. The molecule has 1 N–H and O–H groups in total. The molecule has 0 aliphatic rings. The van der Waals surface area contributed by atoms with E-state index in [4.69, 9.17) is 4.55 Å². The number of rotatable bonds is 3. The number of nitrogens with zero attached hydrogens (tertiary/aromatic N) is 1. The minimum absolute atomic E-state index is 0.0926. The Balaban J connectivity index is 4.21. The Hall–Kier alpha value is -0.130. The van der Waals surface area contributed by atoms with Crippen LogP contribution in [0.25, 0.3) is 0 Å². The lowest BCUT2D eigenvalue weighted by atomic mass is 10.3. The summed E-state index contributed by atoms with van der Waals surface area (Å²) in [5, 5.41) is 0. The van der Waals surface area contributed by atoms with Crippen LogP contribution in [0, 0.1) is 0 Å². The van der Waals surface area contributed by atoms with Crippen LogP contribution in [0.2, 0.25) is 0 Å². The number of hydrogen-bond donors (Lipinski definition) is 1. The smallest absolute Gasteiger partial charge is 0.270 e. The highest BCUT2D eigenvalue weighted by molar-refractivity contribution is 7.85. The van der Waals surface area contributed by atoms with E-state index in [2.05, 4.69) is 0 Å². The molecule has 0 aromatic carbocycles. The summed E-state index contributed by atoms with van der Waals surface area (Å²) in [7, 11) is 1.83. The first kappa shape index (κ1) is 10.9. The monoisotopic (exact) mass is 182 g/mol. The second-order valence-electron chi connectivity index (χ2n) is 3.71. The molecule has 0 saturated carbocycles. The fraction of sp³-hybridized carbons (Fsp3) is 1.00. The number of hydrogen-bond acceptors (Lipinski definition) is 2.